The molecule has 0 unspecified atom stereocenters. The van der Waals surface area contributed by atoms with E-state index in [1.54, 1.807) is 0 Å². The molecule has 0 bridgehead atoms. The van der Waals surface area contributed by atoms with E-state index in [9.17, 15) is 4.79 Å². The van der Waals surface area contributed by atoms with Gasteiger partial charge in [-0.25, -0.2) is 4.79 Å². The number of halogens is 2. The molecule has 184 valence electrons. The molecule has 0 aliphatic heterocycles. The summed E-state index contributed by atoms with van der Waals surface area (Å²) in [6.07, 6.45) is 0. The lowest BCUT2D eigenvalue weighted by molar-refractivity contribution is 0.568. The predicted octanol–water partition coefficient (Wildman–Crippen LogP) is 8.57. The van der Waals surface area contributed by atoms with Crippen molar-refractivity contribution < 1.29 is 4.79 Å². The van der Waals surface area contributed by atoms with E-state index in [4.69, 9.17) is 0 Å². The first kappa shape index (κ1) is 24.1. The Morgan fingerprint density at radius 1 is 0.487 bits per heavy atom. The zero-order valence-corrected chi connectivity index (χ0v) is 23.9. The van der Waals surface area contributed by atoms with E-state index in [-0.39, 0.29) is 0 Å². The van der Waals surface area contributed by atoms with Crippen molar-refractivity contribution in [2.45, 2.75) is 0 Å². The molecule has 0 N–H and O–H groups in total. The molecule has 0 saturated heterocycles. The minimum atomic E-state index is 0.603. The van der Waals surface area contributed by atoms with Gasteiger partial charge < -0.3 is 0 Å². The highest BCUT2D eigenvalue weighted by atomic mass is 79.9. The van der Waals surface area contributed by atoms with Gasteiger partial charge in [0.15, 0.2) is 0 Å². The van der Waals surface area contributed by atoms with Crippen LogP contribution in [0.4, 0.5) is 0 Å². The van der Waals surface area contributed by atoms with E-state index in [1.807, 2.05) is 12.1 Å². The second-order valence-electron chi connectivity index (χ2n) is 9.73. The van der Waals surface area contributed by atoms with Crippen LogP contribution in [0.3, 0.4) is 0 Å². The van der Waals surface area contributed by atoms with Crippen molar-refractivity contribution >= 4 is 86.5 Å². The van der Waals surface area contributed by atoms with Gasteiger partial charge >= 0.3 is 0 Å². The SMILES string of the molecule is O=C=c1c2cc3ccccc3cc2c(=C(c2ccc(Br)cc2)c2ccc(Br)cc2)c2cc3ccccc3cc12. The molecule has 0 amide bonds. The fourth-order valence-corrected chi connectivity index (χ4v) is 6.19. The lowest BCUT2D eigenvalue weighted by Crippen LogP contribution is -2.19. The summed E-state index contributed by atoms with van der Waals surface area (Å²) >= 11 is 7.22. The predicted molar refractivity (Wildman–Crippen MR) is 170 cm³/mol. The van der Waals surface area contributed by atoms with Crippen LogP contribution in [0.2, 0.25) is 0 Å². The lowest BCUT2D eigenvalue weighted by atomic mass is 9.88. The Hall–Kier alpha value is -4.01. The molecule has 7 aromatic carbocycles. The van der Waals surface area contributed by atoms with Gasteiger partial charge in [-0.1, -0.05) is 105 Å². The number of fused-ring (bicyclic) bond motifs is 4. The summed E-state index contributed by atoms with van der Waals surface area (Å²) in [6.45, 7) is 0. The van der Waals surface area contributed by atoms with Crippen molar-refractivity contribution in [2.24, 2.45) is 0 Å². The van der Waals surface area contributed by atoms with Gasteiger partial charge in [0.1, 0.15) is 5.94 Å². The maximum atomic E-state index is 12.7. The van der Waals surface area contributed by atoms with Crippen molar-refractivity contribution in [3.63, 3.8) is 0 Å². The van der Waals surface area contributed by atoms with E-state index in [0.717, 1.165) is 74.0 Å². The van der Waals surface area contributed by atoms with Crippen LogP contribution in [0.15, 0.2) is 130 Å². The Balaban J connectivity index is 1.85. The van der Waals surface area contributed by atoms with Gasteiger partial charge in [0, 0.05) is 19.7 Å². The molecule has 0 aliphatic rings. The molecule has 0 heterocycles. The molecule has 0 saturated carbocycles. The van der Waals surface area contributed by atoms with E-state index in [2.05, 4.69) is 147 Å². The van der Waals surface area contributed by atoms with E-state index in [0.29, 0.717) is 5.22 Å². The number of hydrogen-bond acceptors (Lipinski definition) is 1. The van der Waals surface area contributed by atoms with Crippen molar-refractivity contribution in [3.05, 3.63) is 152 Å². The molecule has 0 aliphatic carbocycles. The highest BCUT2D eigenvalue weighted by Crippen LogP contribution is 2.29. The number of rotatable bonds is 2. The van der Waals surface area contributed by atoms with Gasteiger partial charge in [-0.15, -0.1) is 0 Å². The van der Waals surface area contributed by atoms with Crippen LogP contribution in [0.25, 0.3) is 48.7 Å². The van der Waals surface area contributed by atoms with Gasteiger partial charge in [-0.05, 0) is 103 Å². The van der Waals surface area contributed by atoms with Crippen LogP contribution in [0.5, 0.6) is 0 Å². The Morgan fingerprint density at radius 2 is 0.846 bits per heavy atom. The molecule has 0 fully saturated rings. The van der Waals surface area contributed by atoms with E-state index in [1.165, 1.54) is 0 Å². The largest absolute Gasteiger partial charge is 0.233 e. The smallest absolute Gasteiger partial charge is 0.133 e. The Morgan fingerprint density at radius 3 is 1.21 bits per heavy atom. The van der Waals surface area contributed by atoms with Gasteiger partial charge in [0.05, 0.1) is 5.22 Å². The highest BCUT2D eigenvalue weighted by Gasteiger charge is 2.15. The van der Waals surface area contributed by atoms with Crippen LogP contribution in [0, 0.1) is 0 Å². The van der Waals surface area contributed by atoms with Crippen LogP contribution in [-0.4, -0.2) is 5.94 Å². The molecule has 0 spiro atoms. The van der Waals surface area contributed by atoms with Crippen molar-refractivity contribution in [1.29, 1.82) is 0 Å². The first-order valence-corrected chi connectivity index (χ1v) is 14.3. The summed E-state index contributed by atoms with van der Waals surface area (Å²) in [5.74, 6) is 2.33. The molecule has 0 atom stereocenters. The fourth-order valence-electron chi connectivity index (χ4n) is 5.67. The summed E-state index contributed by atoms with van der Waals surface area (Å²) in [4.78, 5) is 12.7. The van der Waals surface area contributed by atoms with Gasteiger partial charge in [-0.2, -0.15) is 0 Å². The quantitative estimate of drug-likeness (QED) is 0.176. The topological polar surface area (TPSA) is 17.1 Å². The second kappa shape index (κ2) is 9.63. The summed E-state index contributed by atoms with van der Waals surface area (Å²) in [5.41, 5.74) is 3.33. The third kappa shape index (κ3) is 4.11. The van der Waals surface area contributed by atoms with Crippen LogP contribution >= 0.6 is 31.9 Å². The Bertz CT molecular complexity index is 2080. The first-order valence-electron chi connectivity index (χ1n) is 12.7. The minimum absolute atomic E-state index is 0.603. The lowest BCUT2D eigenvalue weighted by Gasteiger charge is -2.15. The Labute approximate surface area is 242 Å². The number of hydrogen-bond donors (Lipinski definition) is 0. The number of benzene rings is 7. The van der Waals surface area contributed by atoms with Crippen LogP contribution in [0.1, 0.15) is 11.1 Å². The summed E-state index contributed by atoms with van der Waals surface area (Å²) < 4.78 is 2.05. The molecule has 0 aromatic heterocycles. The average molecular weight is 628 g/mol. The third-order valence-electron chi connectivity index (χ3n) is 7.47. The normalized spacial score (nSPS) is 11.3. The average Bonchev–Trinajstić information content (AvgIpc) is 2.97. The minimum Gasteiger partial charge on any atom is -0.233 e. The van der Waals surface area contributed by atoms with Crippen LogP contribution < -0.4 is 10.4 Å². The molecule has 0 radical (unpaired) electrons. The highest BCUT2D eigenvalue weighted by molar-refractivity contribution is 9.10. The molecule has 7 aromatic rings. The Kier molecular flexibility index (Phi) is 5.94. The second-order valence-corrected chi connectivity index (χ2v) is 11.6. The molecule has 3 heteroatoms. The first-order chi connectivity index (χ1) is 19.1. The molecule has 1 nitrogen and oxygen atoms in total. The van der Waals surface area contributed by atoms with Gasteiger partial charge in [0.2, 0.25) is 0 Å². The maximum Gasteiger partial charge on any atom is 0.133 e. The monoisotopic (exact) mass is 626 g/mol. The third-order valence-corrected chi connectivity index (χ3v) is 8.52. The molecular formula is C36H20Br2O. The molecule has 39 heavy (non-hydrogen) atoms. The standard InChI is InChI=1S/C36H20Br2O/c37-28-13-9-22(10-14-28)35(23-11-15-29(38)16-12-23)36-32-19-26-7-3-1-5-24(26)17-30(32)34(21-39)31-18-25-6-2-4-8-27(25)20-33(31)36/h1-20H. The maximum absolute atomic E-state index is 12.7. The van der Waals surface area contributed by atoms with Crippen molar-refractivity contribution in [3.8, 4) is 0 Å². The zero-order chi connectivity index (χ0) is 26.5. The number of carbonyl (C=O) groups excluding carboxylic acids is 1. The van der Waals surface area contributed by atoms with Crippen molar-refractivity contribution in [1.82, 2.24) is 0 Å². The molecular weight excluding hydrogens is 608 g/mol. The van der Waals surface area contributed by atoms with Gasteiger partial charge in [-0.3, -0.25) is 0 Å². The van der Waals surface area contributed by atoms with E-state index < -0.39 is 0 Å². The van der Waals surface area contributed by atoms with Crippen LogP contribution in [-0.2, 0) is 4.79 Å². The van der Waals surface area contributed by atoms with Gasteiger partial charge in [0.25, 0.3) is 0 Å². The summed E-state index contributed by atoms with van der Waals surface area (Å²) in [7, 11) is 0. The molecule has 7 rings (SSSR count). The summed E-state index contributed by atoms with van der Waals surface area (Å²) in [5, 5.41) is 10.1. The summed E-state index contributed by atoms with van der Waals surface area (Å²) in [6, 6.07) is 42.3. The van der Waals surface area contributed by atoms with E-state index >= 15 is 0 Å². The zero-order valence-electron chi connectivity index (χ0n) is 20.7. The van der Waals surface area contributed by atoms with Crippen molar-refractivity contribution in [2.75, 3.05) is 0 Å². The fraction of sp³-hybridized carbons (Fsp3) is 0.